The van der Waals surface area contributed by atoms with Crippen LogP contribution in [0.2, 0.25) is 5.02 Å². The number of hydrogen-bond donors (Lipinski definition) is 2. The lowest BCUT2D eigenvalue weighted by Gasteiger charge is -2.47. The number of rotatable bonds is 1. The minimum absolute atomic E-state index is 0.0300. The highest BCUT2D eigenvalue weighted by Gasteiger charge is 2.48. The standard InChI is InChI=1S/C22H25ClN2O2S/c1-13-5-7-14(8-6-13)16-11-22(12-21(2,3)24-20(25-22)28-4)27-19-10-18(26)17(23)9-15(16)19/h5-10,16,26H,11-12H2,1-4H3,(H,24,25). The molecule has 2 aromatic carbocycles. The molecule has 148 valence electrons. The van der Waals surface area contributed by atoms with Gasteiger partial charge in [-0.2, -0.15) is 0 Å². The van der Waals surface area contributed by atoms with E-state index < -0.39 is 5.72 Å². The second-order valence-corrected chi connectivity index (χ2v) is 9.57. The van der Waals surface area contributed by atoms with Crippen LogP contribution in [0.5, 0.6) is 11.5 Å². The Balaban J connectivity index is 1.87. The van der Waals surface area contributed by atoms with Crippen LogP contribution in [0.4, 0.5) is 0 Å². The largest absolute Gasteiger partial charge is 0.506 e. The Kier molecular flexibility index (Phi) is 4.79. The third-order valence-electron chi connectivity index (χ3n) is 5.42. The maximum atomic E-state index is 10.2. The first-order chi connectivity index (χ1) is 13.2. The number of aromatic hydroxyl groups is 1. The van der Waals surface area contributed by atoms with Crippen LogP contribution in [0.1, 0.15) is 49.3 Å². The fourth-order valence-electron chi connectivity index (χ4n) is 4.24. The smallest absolute Gasteiger partial charge is 0.206 e. The molecule has 2 aromatic rings. The normalized spacial score (nSPS) is 25.5. The van der Waals surface area contributed by atoms with Crippen LogP contribution >= 0.6 is 23.4 Å². The number of benzene rings is 2. The summed E-state index contributed by atoms with van der Waals surface area (Å²) in [6.07, 6.45) is 3.47. The van der Waals surface area contributed by atoms with Crippen LogP contribution in [0.3, 0.4) is 0 Å². The quantitative estimate of drug-likeness (QED) is 0.648. The number of nitrogens with one attached hydrogen (secondary N) is 1. The van der Waals surface area contributed by atoms with Crippen molar-refractivity contribution in [1.82, 2.24) is 5.32 Å². The molecule has 0 aliphatic carbocycles. The predicted molar refractivity (Wildman–Crippen MR) is 117 cm³/mol. The molecule has 28 heavy (non-hydrogen) atoms. The number of halogens is 1. The fraction of sp³-hybridized carbons (Fsp3) is 0.409. The highest BCUT2D eigenvalue weighted by atomic mass is 35.5. The SMILES string of the molecule is CSC1=NC2(CC(c3ccc(C)cc3)c3cc(Cl)c(O)cc3O2)CC(C)(C)N1. The van der Waals surface area contributed by atoms with Gasteiger partial charge in [-0.25, -0.2) is 4.99 Å². The third-order valence-corrected chi connectivity index (χ3v) is 6.30. The summed E-state index contributed by atoms with van der Waals surface area (Å²) in [7, 11) is 0. The minimum Gasteiger partial charge on any atom is -0.506 e. The molecule has 0 saturated carbocycles. The Hall–Kier alpha value is -1.85. The average Bonchev–Trinajstić information content (AvgIpc) is 2.62. The molecule has 2 N–H and O–H groups in total. The number of aliphatic imine (C=N–C) groups is 1. The van der Waals surface area contributed by atoms with E-state index in [0.717, 1.165) is 23.6 Å². The highest BCUT2D eigenvalue weighted by Crippen LogP contribution is 2.50. The van der Waals surface area contributed by atoms with E-state index in [1.54, 1.807) is 17.8 Å². The Morgan fingerprint density at radius 3 is 2.64 bits per heavy atom. The highest BCUT2D eigenvalue weighted by molar-refractivity contribution is 8.13. The van der Waals surface area contributed by atoms with Crippen molar-refractivity contribution in [3.05, 3.63) is 58.1 Å². The summed E-state index contributed by atoms with van der Waals surface area (Å²) in [5, 5.41) is 14.9. The van der Waals surface area contributed by atoms with E-state index in [4.69, 9.17) is 21.3 Å². The second kappa shape index (κ2) is 6.89. The summed E-state index contributed by atoms with van der Waals surface area (Å²) >= 11 is 7.84. The van der Waals surface area contributed by atoms with Gasteiger partial charge in [-0.15, -0.1) is 0 Å². The van der Waals surface area contributed by atoms with E-state index in [2.05, 4.69) is 50.4 Å². The molecule has 0 bridgehead atoms. The summed E-state index contributed by atoms with van der Waals surface area (Å²) in [5.74, 6) is 0.770. The van der Waals surface area contributed by atoms with Crippen molar-refractivity contribution < 1.29 is 9.84 Å². The van der Waals surface area contributed by atoms with Gasteiger partial charge < -0.3 is 15.2 Å². The number of thioether (sulfide) groups is 1. The average molecular weight is 417 g/mol. The van der Waals surface area contributed by atoms with Gasteiger partial charge in [-0.1, -0.05) is 53.2 Å². The van der Waals surface area contributed by atoms with Crippen molar-refractivity contribution in [1.29, 1.82) is 0 Å². The van der Waals surface area contributed by atoms with Gasteiger partial charge in [-0.3, -0.25) is 0 Å². The van der Waals surface area contributed by atoms with Crippen molar-refractivity contribution in [2.45, 2.75) is 50.8 Å². The zero-order valence-electron chi connectivity index (χ0n) is 16.5. The van der Waals surface area contributed by atoms with E-state index in [1.807, 2.05) is 12.3 Å². The Labute approximate surface area is 175 Å². The maximum Gasteiger partial charge on any atom is 0.206 e. The Morgan fingerprint density at radius 1 is 1.25 bits per heavy atom. The zero-order chi connectivity index (χ0) is 20.1. The minimum atomic E-state index is -0.685. The van der Waals surface area contributed by atoms with Crippen LogP contribution in [0, 0.1) is 6.92 Å². The summed E-state index contributed by atoms with van der Waals surface area (Å²) in [4.78, 5) is 4.96. The van der Waals surface area contributed by atoms with Crippen LogP contribution in [0.15, 0.2) is 41.4 Å². The molecule has 2 aliphatic heterocycles. The number of ether oxygens (including phenoxy) is 1. The fourth-order valence-corrected chi connectivity index (χ4v) is 5.05. The van der Waals surface area contributed by atoms with E-state index in [-0.39, 0.29) is 17.2 Å². The van der Waals surface area contributed by atoms with Gasteiger partial charge in [0, 0.05) is 35.9 Å². The molecule has 4 nitrogen and oxygen atoms in total. The zero-order valence-corrected chi connectivity index (χ0v) is 18.1. The molecule has 1 spiro atoms. The molecule has 0 radical (unpaired) electrons. The lowest BCUT2D eigenvalue weighted by molar-refractivity contribution is 0.0134. The number of nitrogens with zero attached hydrogens (tertiary/aromatic N) is 1. The molecule has 2 aliphatic rings. The molecule has 0 saturated heterocycles. The first kappa shape index (κ1) is 19.5. The van der Waals surface area contributed by atoms with Gasteiger partial charge in [0.05, 0.1) is 5.02 Å². The number of phenols is 1. The lowest BCUT2D eigenvalue weighted by Crippen LogP contribution is -2.56. The van der Waals surface area contributed by atoms with Crippen molar-refractivity contribution in [3.8, 4) is 11.5 Å². The summed E-state index contributed by atoms with van der Waals surface area (Å²) in [6.45, 7) is 6.42. The van der Waals surface area contributed by atoms with Crippen LogP contribution in [-0.4, -0.2) is 27.8 Å². The lowest BCUT2D eigenvalue weighted by atomic mass is 9.77. The maximum absolute atomic E-state index is 10.2. The number of amidine groups is 1. The number of hydrogen-bond acceptors (Lipinski definition) is 5. The van der Waals surface area contributed by atoms with Gasteiger partial charge in [0.1, 0.15) is 11.5 Å². The van der Waals surface area contributed by atoms with Crippen molar-refractivity contribution >= 4 is 28.5 Å². The monoisotopic (exact) mass is 416 g/mol. The molecular weight excluding hydrogens is 392 g/mol. The van der Waals surface area contributed by atoms with Gasteiger partial charge in [0.25, 0.3) is 0 Å². The summed E-state index contributed by atoms with van der Waals surface area (Å²) in [6, 6.07) is 12.0. The molecule has 2 heterocycles. The second-order valence-electron chi connectivity index (χ2n) is 8.36. The molecule has 0 fully saturated rings. The molecule has 0 amide bonds. The van der Waals surface area contributed by atoms with Gasteiger partial charge in [-0.05, 0) is 38.7 Å². The number of phenolic OH excluding ortho intramolecular Hbond substituents is 1. The first-order valence-electron chi connectivity index (χ1n) is 9.40. The summed E-state index contributed by atoms with van der Waals surface area (Å²) in [5.41, 5.74) is 2.59. The first-order valence-corrected chi connectivity index (χ1v) is 11.0. The molecule has 6 heteroatoms. The molecule has 2 atom stereocenters. The van der Waals surface area contributed by atoms with Gasteiger partial charge in [0.15, 0.2) is 5.17 Å². The van der Waals surface area contributed by atoms with Gasteiger partial charge in [0.2, 0.25) is 5.72 Å². The van der Waals surface area contributed by atoms with Crippen molar-refractivity contribution in [2.75, 3.05) is 6.26 Å². The predicted octanol–water partition coefficient (Wildman–Crippen LogP) is 5.46. The van der Waals surface area contributed by atoms with Gasteiger partial charge >= 0.3 is 0 Å². The molecular formula is C22H25ClN2O2S. The van der Waals surface area contributed by atoms with Crippen LogP contribution < -0.4 is 10.1 Å². The Bertz CT molecular complexity index is 942. The van der Waals surface area contributed by atoms with Crippen molar-refractivity contribution in [2.24, 2.45) is 4.99 Å². The van der Waals surface area contributed by atoms with E-state index in [9.17, 15) is 5.11 Å². The molecule has 2 unspecified atom stereocenters. The van der Waals surface area contributed by atoms with Crippen molar-refractivity contribution in [3.63, 3.8) is 0 Å². The van der Waals surface area contributed by atoms with E-state index in [1.165, 1.54) is 11.1 Å². The Morgan fingerprint density at radius 2 is 1.96 bits per heavy atom. The topological polar surface area (TPSA) is 53.9 Å². The molecule has 0 aromatic heterocycles. The number of aryl methyl sites for hydroxylation is 1. The van der Waals surface area contributed by atoms with Crippen LogP contribution in [-0.2, 0) is 0 Å². The van der Waals surface area contributed by atoms with E-state index >= 15 is 0 Å². The summed E-state index contributed by atoms with van der Waals surface area (Å²) < 4.78 is 6.48. The third kappa shape index (κ3) is 3.58. The van der Waals surface area contributed by atoms with E-state index in [0.29, 0.717) is 10.8 Å². The number of fused-ring (bicyclic) bond motifs is 1. The molecule has 4 rings (SSSR count). The van der Waals surface area contributed by atoms with Crippen LogP contribution in [0.25, 0.3) is 0 Å².